The van der Waals surface area contributed by atoms with Gasteiger partial charge in [-0.2, -0.15) is 0 Å². The molecule has 3 rings (SSSR count). The van der Waals surface area contributed by atoms with Gasteiger partial charge in [0.25, 0.3) is 0 Å². The minimum Gasteiger partial charge on any atom is -0.444 e. The van der Waals surface area contributed by atoms with Crippen molar-refractivity contribution >= 4 is 29.9 Å². The van der Waals surface area contributed by atoms with Crippen LogP contribution in [0.2, 0.25) is 0 Å². The molecule has 150 valence electrons. The van der Waals surface area contributed by atoms with Gasteiger partial charge in [-0.15, -0.1) is 24.0 Å². The first-order chi connectivity index (χ1) is 13.2. The fourth-order valence-corrected chi connectivity index (χ4v) is 2.76. The molecule has 2 heterocycles. The topological polar surface area (TPSA) is 80.3 Å². The smallest absolute Gasteiger partial charge is 0.214 e. The van der Waals surface area contributed by atoms with Crippen molar-refractivity contribution in [3.05, 3.63) is 71.5 Å². The van der Waals surface area contributed by atoms with Gasteiger partial charge in [0.2, 0.25) is 5.89 Å². The average molecular weight is 494 g/mol. The van der Waals surface area contributed by atoms with Gasteiger partial charge >= 0.3 is 0 Å². The lowest BCUT2D eigenvalue weighted by Gasteiger charge is -2.12. The fourth-order valence-electron chi connectivity index (χ4n) is 2.76. The Hall–Kier alpha value is -2.36. The minimum absolute atomic E-state index is 0. The zero-order valence-corrected chi connectivity index (χ0v) is 18.8. The number of aromatic nitrogens is 3. The van der Waals surface area contributed by atoms with Gasteiger partial charge in [-0.1, -0.05) is 30.3 Å². The number of rotatable bonds is 7. The van der Waals surface area contributed by atoms with Crippen LogP contribution in [0.5, 0.6) is 0 Å². The van der Waals surface area contributed by atoms with E-state index in [0.29, 0.717) is 24.9 Å². The molecular formula is C20H27IN6O. The molecule has 0 radical (unpaired) electrons. The van der Waals surface area contributed by atoms with Crippen LogP contribution in [0.25, 0.3) is 0 Å². The van der Waals surface area contributed by atoms with Crippen LogP contribution < -0.4 is 10.6 Å². The van der Waals surface area contributed by atoms with E-state index >= 15 is 0 Å². The minimum atomic E-state index is 0. The number of nitrogens with zero attached hydrogens (tertiary/aromatic N) is 4. The van der Waals surface area contributed by atoms with Crippen LogP contribution in [0.15, 0.2) is 52.1 Å². The maximum atomic E-state index is 5.58. The number of imidazole rings is 1. The third kappa shape index (κ3) is 6.08. The Morgan fingerprint density at radius 2 is 1.89 bits per heavy atom. The third-order valence-corrected chi connectivity index (χ3v) is 4.40. The molecule has 0 aliphatic carbocycles. The number of halogens is 1. The summed E-state index contributed by atoms with van der Waals surface area (Å²) in [5.41, 5.74) is 2.23. The highest BCUT2D eigenvalue weighted by molar-refractivity contribution is 14.0. The van der Waals surface area contributed by atoms with Crippen molar-refractivity contribution in [1.29, 1.82) is 0 Å². The van der Waals surface area contributed by atoms with Crippen LogP contribution in [0.4, 0.5) is 0 Å². The van der Waals surface area contributed by atoms with E-state index in [2.05, 4.69) is 54.4 Å². The summed E-state index contributed by atoms with van der Waals surface area (Å²) >= 11 is 0. The number of aliphatic imine (C=N–C) groups is 1. The van der Waals surface area contributed by atoms with Gasteiger partial charge in [0.05, 0.1) is 18.8 Å². The predicted octanol–water partition coefficient (Wildman–Crippen LogP) is 3.21. The van der Waals surface area contributed by atoms with E-state index in [4.69, 9.17) is 4.42 Å². The van der Waals surface area contributed by atoms with Gasteiger partial charge in [-0.25, -0.2) is 9.97 Å². The number of benzene rings is 1. The molecule has 0 aliphatic heterocycles. The molecule has 1 aromatic carbocycles. The van der Waals surface area contributed by atoms with Crippen LogP contribution in [-0.2, 0) is 26.1 Å². The molecule has 0 amide bonds. The van der Waals surface area contributed by atoms with E-state index in [1.54, 1.807) is 7.05 Å². The van der Waals surface area contributed by atoms with Crippen LogP contribution in [0.3, 0.4) is 0 Å². The largest absolute Gasteiger partial charge is 0.444 e. The zero-order chi connectivity index (χ0) is 19.1. The molecule has 0 atom stereocenters. The summed E-state index contributed by atoms with van der Waals surface area (Å²) in [5, 5.41) is 6.50. The second-order valence-corrected chi connectivity index (χ2v) is 6.30. The first-order valence-corrected chi connectivity index (χ1v) is 9.07. The number of oxazole rings is 1. The first kappa shape index (κ1) is 21.9. The molecule has 0 saturated heterocycles. The lowest BCUT2D eigenvalue weighted by molar-refractivity contribution is 0.463. The quantitative estimate of drug-likeness (QED) is 0.300. The number of guanidine groups is 1. The lowest BCUT2D eigenvalue weighted by atomic mass is 10.1. The highest BCUT2D eigenvalue weighted by atomic mass is 127. The lowest BCUT2D eigenvalue weighted by Crippen LogP contribution is -2.37. The molecule has 0 unspecified atom stereocenters. The molecule has 8 heteroatoms. The first-order valence-electron chi connectivity index (χ1n) is 9.07. The Labute approximate surface area is 182 Å². The van der Waals surface area contributed by atoms with Gasteiger partial charge in [0.15, 0.2) is 5.96 Å². The second kappa shape index (κ2) is 10.8. The number of nitrogens with one attached hydrogen (secondary N) is 2. The number of aryl methyl sites for hydroxylation is 4. The van der Waals surface area contributed by atoms with E-state index < -0.39 is 0 Å². The van der Waals surface area contributed by atoms with Gasteiger partial charge in [-0.05, 0) is 25.8 Å². The fraction of sp³-hybridized carbons (Fsp3) is 0.350. The SMILES string of the molecule is CN=C(NCc1nc(C)c(C)o1)NCc1nccn1CCc1ccccc1.I. The van der Waals surface area contributed by atoms with Crippen LogP contribution >= 0.6 is 24.0 Å². The van der Waals surface area contributed by atoms with Crippen LogP contribution in [-0.4, -0.2) is 27.5 Å². The molecule has 2 aromatic heterocycles. The van der Waals surface area contributed by atoms with Crippen molar-refractivity contribution in [2.75, 3.05) is 7.05 Å². The molecule has 0 aliphatic rings. The Kier molecular flexibility index (Phi) is 8.49. The molecule has 7 nitrogen and oxygen atoms in total. The monoisotopic (exact) mass is 494 g/mol. The summed E-state index contributed by atoms with van der Waals surface area (Å²) < 4.78 is 7.74. The highest BCUT2D eigenvalue weighted by Gasteiger charge is 2.08. The molecular weight excluding hydrogens is 467 g/mol. The van der Waals surface area contributed by atoms with E-state index in [-0.39, 0.29) is 24.0 Å². The summed E-state index contributed by atoms with van der Waals surface area (Å²) in [7, 11) is 1.74. The standard InChI is InChI=1S/C20H26N6O.HI/c1-15-16(2)27-19(25-15)14-24-20(21-3)23-13-18-22-10-12-26(18)11-9-17-7-5-4-6-8-17;/h4-8,10,12H,9,11,13-14H2,1-3H3,(H2,21,23,24);1H. The van der Waals surface area contributed by atoms with Crippen LogP contribution in [0, 0.1) is 13.8 Å². The highest BCUT2D eigenvalue weighted by Crippen LogP contribution is 2.08. The Balaban J connectivity index is 0.00000280. The van der Waals surface area contributed by atoms with Gasteiger partial charge in [-0.3, -0.25) is 4.99 Å². The number of hydrogen-bond donors (Lipinski definition) is 2. The van der Waals surface area contributed by atoms with Gasteiger partial charge in [0, 0.05) is 26.0 Å². The van der Waals surface area contributed by atoms with Gasteiger partial charge in [0.1, 0.15) is 11.6 Å². The van der Waals surface area contributed by atoms with Crippen molar-refractivity contribution in [1.82, 2.24) is 25.2 Å². The molecule has 3 aromatic rings. The third-order valence-electron chi connectivity index (χ3n) is 4.40. The molecule has 0 fully saturated rings. The summed E-state index contributed by atoms with van der Waals surface area (Å²) in [6.07, 6.45) is 4.81. The number of hydrogen-bond acceptors (Lipinski definition) is 4. The van der Waals surface area contributed by atoms with E-state index in [1.165, 1.54) is 5.56 Å². The average Bonchev–Trinajstić information content (AvgIpc) is 3.27. The molecule has 0 spiro atoms. The maximum absolute atomic E-state index is 5.58. The second-order valence-electron chi connectivity index (χ2n) is 6.30. The van der Waals surface area contributed by atoms with Crippen molar-refractivity contribution in [2.45, 2.75) is 39.9 Å². The molecule has 28 heavy (non-hydrogen) atoms. The van der Waals surface area contributed by atoms with Crippen molar-refractivity contribution in [3.63, 3.8) is 0 Å². The summed E-state index contributed by atoms with van der Waals surface area (Å²) in [4.78, 5) is 13.1. The summed E-state index contributed by atoms with van der Waals surface area (Å²) in [5.74, 6) is 3.14. The van der Waals surface area contributed by atoms with Crippen LogP contribution in [0.1, 0.15) is 28.7 Å². The Morgan fingerprint density at radius 1 is 1.14 bits per heavy atom. The molecule has 2 N–H and O–H groups in total. The van der Waals surface area contributed by atoms with Crippen molar-refractivity contribution in [2.24, 2.45) is 4.99 Å². The molecule has 0 bridgehead atoms. The molecule has 0 saturated carbocycles. The maximum Gasteiger partial charge on any atom is 0.214 e. The van der Waals surface area contributed by atoms with Crippen molar-refractivity contribution in [3.8, 4) is 0 Å². The summed E-state index contributed by atoms with van der Waals surface area (Å²) in [6, 6.07) is 10.5. The van der Waals surface area contributed by atoms with E-state index in [1.807, 2.05) is 32.3 Å². The summed E-state index contributed by atoms with van der Waals surface area (Å²) in [6.45, 7) is 5.81. The predicted molar refractivity (Wildman–Crippen MR) is 121 cm³/mol. The van der Waals surface area contributed by atoms with E-state index in [0.717, 1.165) is 30.2 Å². The van der Waals surface area contributed by atoms with Crippen molar-refractivity contribution < 1.29 is 4.42 Å². The van der Waals surface area contributed by atoms with Gasteiger partial charge < -0.3 is 19.6 Å². The zero-order valence-electron chi connectivity index (χ0n) is 16.5. The Bertz CT molecular complexity index is 868. The normalized spacial score (nSPS) is 11.2. The van der Waals surface area contributed by atoms with E-state index in [9.17, 15) is 0 Å². The Morgan fingerprint density at radius 3 is 2.57 bits per heavy atom.